The highest BCUT2D eigenvalue weighted by atomic mass is 35.5. The lowest BCUT2D eigenvalue weighted by atomic mass is 9.99. The third kappa shape index (κ3) is 4.52. The molecule has 2 aliphatic rings. The van der Waals surface area contributed by atoms with Gasteiger partial charge >= 0.3 is 0 Å². The number of hydrogen-bond acceptors (Lipinski definition) is 3. The number of amides is 1. The Bertz CT molecular complexity index is 556. The van der Waals surface area contributed by atoms with E-state index in [1.54, 1.807) is 13.0 Å². The van der Waals surface area contributed by atoms with Gasteiger partial charge in [-0.1, -0.05) is 17.7 Å². The SMILES string of the molecule is Cc1ccc(Cl)c(OC(C)C(=O)NC2CC3CCC(C2)N3)c1.Cl. The normalized spacial score (nSPS) is 27.0. The number of ether oxygens (including phenoxy) is 1. The quantitative estimate of drug-likeness (QED) is 0.868. The Hall–Kier alpha value is -0.970. The highest BCUT2D eigenvalue weighted by molar-refractivity contribution is 6.32. The second kappa shape index (κ2) is 7.73. The minimum absolute atomic E-state index is 0. The summed E-state index contributed by atoms with van der Waals surface area (Å²) < 4.78 is 5.74. The summed E-state index contributed by atoms with van der Waals surface area (Å²) in [6.07, 6.45) is 3.93. The molecule has 6 heteroatoms. The number of benzene rings is 1. The van der Waals surface area contributed by atoms with Crippen molar-refractivity contribution >= 4 is 29.9 Å². The lowest BCUT2D eigenvalue weighted by Crippen LogP contribution is -2.50. The fourth-order valence-corrected chi connectivity index (χ4v) is 3.60. The number of aryl methyl sites for hydroxylation is 1. The first-order chi connectivity index (χ1) is 10.5. The summed E-state index contributed by atoms with van der Waals surface area (Å²) in [7, 11) is 0. The molecule has 3 rings (SSSR count). The van der Waals surface area contributed by atoms with Crippen LogP contribution in [0.2, 0.25) is 5.02 Å². The van der Waals surface area contributed by atoms with Gasteiger partial charge in [-0.25, -0.2) is 0 Å². The first-order valence-corrected chi connectivity index (χ1v) is 8.38. The van der Waals surface area contributed by atoms with E-state index in [2.05, 4.69) is 10.6 Å². The molecule has 3 unspecified atom stereocenters. The molecule has 1 amide bonds. The van der Waals surface area contributed by atoms with Crippen LogP contribution in [0.25, 0.3) is 0 Å². The zero-order valence-corrected chi connectivity index (χ0v) is 15.0. The van der Waals surface area contributed by atoms with Crippen LogP contribution in [0.15, 0.2) is 18.2 Å². The van der Waals surface area contributed by atoms with Crippen LogP contribution < -0.4 is 15.4 Å². The fraction of sp³-hybridized carbons (Fsp3) is 0.588. The number of carbonyl (C=O) groups is 1. The Morgan fingerprint density at radius 2 is 2.00 bits per heavy atom. The van der Waals surface area contributed by atoms with Gasteiger partial charge in [0.2, 0.25) is 0 Å². The lowest BCUT2D eigenvalue weighted by molar-refractivity contribution is -0.128. The molecule has 1 aromatic rings. The second-order valence-electron chi connectivity index (χ2n) is 6.51. The summed E-state index contributed by atoms with van der Waals surface area (Å²) >= 11 is 6.12. The molecular weight excluding hydrogens is 335 g/mol. The molecule has 0 saturated carbocycles. The van der Waals surface area contributed by atoms with Crippen LogP contribution in [0.1, 0.15) is 38.2 Å². The molecule has 0 aliphatic carbocycles. The van der Waals surface area contributed by atoms with Crippen LogP contribution in [0, 0.1) is 6.92 Å². The topological polar surface area (TPSA) is 50.4 Å². The van der Waals surface area contributed by atoms with E-state index in [1.165, 1.54) is 12.8 Å². The third-order valence-electron chi connectivity index (χ3n) is 4.58. The van der Waals surface area contributed by atoms with E-state index in [0.717, 1.165) is 18.4 Å². The number of hydrogen-bond donors (Lipinski definition) is 2. The summed E-state index contributed by atoms with van der Waals surface area (Å²) in [4.78, 5) is 12.3. The standard InChI is InChI=1S/C17H23ClN2O2.ClH/c1-10-3-6-15(18)16(7-10)22-11(2)17(21)20-14-8-12-4-5-13(9-14)19-12;/h3,6-7,11-14,19H,4-5,8-9H2,1-2H3,(H,20,21);1H. The molecule has 2 bridgehead atoms. The van der Waals surface area contributed by atoms with Crippen molar-refractivity contribution in [1.82, 2.24) is 10.6 Å². The molecule has 2 fully saturated rings. The van der Waals surface area contributed by atoms with Gasteiger partial charge < -0.3 is 15.4 Å². The molecule has 1 aromatic carbocycles. The largest absolute Gasteiger partial charge is 0.479 e. The number of carbonyl (C=O) groups excluding carboxylic acids is 1. The molecule has 2 heterocycles. The molecule has 128 valence electrons. The Labute approximate surface area is 148 Å². The van der Waals surface area contributed by atoms with E-state index in [1.807, 2.05) is 19.1 Å². The molecule has 0 spiro atoms. The van der Waals surface area contributed by atoms with Crippen molar-refractivity contribution in [3.63, 3.8) is 0 Å². The summed E-state index contributed by atoms with van der Waals surface area (Å²) in [6.45, 7) is 3.74. The molecule has 3 atom stereocenters. The maximum atomic E-state index is 12.3. The van der Waals surface area contributed by atoms with Crippen LogP contribution in [0.3, 0.4) is 0 Å². The fourth-order valence-electron chi connectivity index (χ4n) is 3.44. The first kappa shape index (κ1) is 18.4. The molecular formula is C17H24Cl2N2O2. The van der Waals surface area contributed by atoms with Gasteiger partial charge in [0.15, 0.2) is 6.10 Å². The van der Waals surface area contributed by atoms with Crippen molar-refractivity contribution in [3.8, 4) is 5.75 Å². The van der Waals surface area contributed by atoms with E-state index in [-0.39, 0.29) is 24.4 Å². The number of rotatable bonds is 4. The monoisotopic (exact) mass is 358 g/mol. The van der Waals surface area contributed by atoms with Crippen LogP contribution in [0.5, 0.6) is 5.75 Å². The number of fused-ring (bicyclic) bond motifs is 2. The van der Waals surface area contributed by atoms with Crippen molar-refractivity contribution in [2.45, 2.75) is 63.8 Å². The number of halogens is 2. The Kier molecular flexibility index (Phi) is 6.18. The van der Waals surface area contributed by atoms with Gasteiger partial charge in [-0.2, -0.15) is 0 Å². The minimum atomic E-state index is -0.549. The second-order valence-corrected chi connectivity index (χ2v) is 6.92. The molecule has 0 aromatic heterocycles. The number of nitrogens with one attached hydrogen (secondary N) is 2. The number of piperidine rings is 1. The Morgan fingerprint density at radius 1 is 1.35 bits per heavy atom. The van der Waals surface area contributed by atoms with Gasteiger partial charge in [0.25, 0.3) is 5.91 Å². The minimum Gasteiger partial charge on any atom is -0.479 e. The molecule has 23 heavy (non-hydrogen) atoms. The highest BCUT2D eigenvalue weighted by Gasteiger charge is 2.34. The third-order valence-corrected chi connectivity index (χ3v) is 4.89. The molecule has 2 N–H and O–H groups in total. The molecule has 2 aliphatic heterocycles. The maximum absolute atomic E-state index is 12.3. The van der Waals surface area contributed by atoms with Crippen LogP contribution >= 0.6 is 24.0 Å². The van der Waals surface area contributed by atoms with Gasteiger partial charge in [-0.05, 0) is 57.2 Å². The van der Waals surface area contributed by atoms with Gasteiger partial charge in [0.1, 0.15) is 5.75 Å². The van der Waals surface area contributed by atoms with Crippen molar-refractivity contribution in [3.05, 3.63) is 28.8 Å². The average Bonchev–Trinajstić information content (AvgIpc) is 2.81. The zero-order valence-electron chi connectivity index (χ0n) is 13.5. The maximum Gasteiger partial charge on any atom is 0.260 e. The van der Waals surface area contributed by atoms with Crippen LogP contribution in [0.4, 0.5) is 0 Å². The first-order valence-electron chi connectivity index (χ1n) is 8.00. The van der Waals surface area contributed by atoms with E-state index in [4.69, 9.17) is 16.3 Å². The zero-order chi connectivity index (χ0) is 15.7. The van der Waals surface area contributed by atoms with Crippen molar-refractivity contribution < 1.29 is 9.53 Å². The molecule has 4 nitrogen and oxygen atoms in total. The highest BCUT2D eigenvalue weighted by Crippen LogP contribution is 2.28. The van der Waals surface area contributed by atoms with Crippen LogP contribution in [-0.2, 0) is 4.79 Å². The van der Waals surface area contributed by atoms with E-state index < -0.39 is 6.10 Å². The van der Waals surface area contributed by atoms with Crippen molar-refractivity contribution in [1.29, 1.82) is 0 Å². The molecule has 2 saturated heterocycles. The van der Waals surface area contributed by atoms with Gasteiger partial charge in [0, 0.05) is 18.1 Å². The average molecular weight is 359 g/mol. The van der Waals surface area contributed by atoms with Gasteiger partial charge in [0.05, 0.1) is 5.02 Å². The van der Waals surface area contributed by atoms with Gasteiger partial charge in [-0.15, -0.1) is 12.4 Å². The predicted molar refractivity (Wildman–Crippen MR) is 94.6 cm³/mol. The smallest absolute Gasteiger partial charge is 0.260 e. The van der Waals surface area contributed by atoms with Crippen molar-refractivity contribution in [2.75, 3.05) is 0 Å². The summed E-state index contributed by atoms with van der Waals surface area (Å²) in [5, 5.41) is 7.24. The Balaban J connectivity index is 0.00000192. The van der Waals surface area contributed by atoms with E-state index in [9.17, 15) is 4.79 Å². The summed E-state index contributed by atoms with van der Waals surface area (Å²) in [5.41, 5.74) is 1.06. The Morgan fingerprint density at radius 3 is 2.65 bits per heavy atom. The summed E-state index contributed by atoms with van der Waals surface area (Å²) in [5.74, 6) is 0.499. The van der Waals surface area contributed by atoms with E-state index >= 15 is 0 Å². The van der Waals surface area contributed by atoms with Crippen LogP contribution in [-0.4, -0.2) is 30.1 Å². The van der Waals surface area contributed by atoms with E-state index in [0.29, 0.717) is 22.9 Å². The molecule has 0 radical (unpaired) electrons. The lowest BCUT2D eigenvalue weighted by Gasteiger charge is -2.30. The summed E-state index contributed by atoms with van der Waals surface area (Å²) in [6, 6.07) is 6.95. The van der Waals surface area contributed by atoms with Crippen molar-refractivity contribution in [2.24, 2.45) is 0 Å². The predicted octanol–water partition coefficient (Wildman–Crippen LogP) is 3.24. The van der Waals surface area contributed by atoms with Gasteiger partial charge in [-0.3, -0.25) is 4.79 Å².